The fourth-order valence-electron chi connectivity index (χ4n) is 1.62. The molecule has 0 aliphatic rings. The Morgan fingerprint density at radius 1 is 1.20 bits per heavy atom. The van der Waals surface area contributed by atoms with E-state index in [9.17, 15) is 8.78 Å². The summed E-state index contributed by atoms with van der Waals surface area (Å²) >= 11 is 5.87. The molecule has 15 heavy (non-hydrogen) atoms. The molecule has 0 saturated heterocycles. The largest absolute Gasteiger partial charge is 0.313 e. The van der Waals surface area contributed by atoms with Crippen molar-refractivity contribution in [3.05, 3.63) is 34.4 Å². The van der Waals surface area contributed by atoms with Gasteiger partial charge in [0.15, 0.2) is 11.6 Å². The summed E-state index contributed by atoms with van der Waals surface area (Å²) in [5, 5.41) is 3.28. The van der Waals surface area contributed by atoms with E-state index < -0.39 is 11.6 Å². The number of rotatable bonds is 3. The van der Waals surface area contributed by atoms with Crippen LogP contribution >= 0.6 is 11.6 Å². The molecule has 1 aromatic rings. The number of halogens is 3. The molecule has 0 aromatic heterocycles. The topological polar surface area (TPSA) is 12.0 Å². The van der Waals surface area contributed by atoms with Crippen molar-refractivity contribution in [3.8, 4) is 0 Å². The second-order valence-corrected chi connectivity index (χ2v) is 4.21. The Morgan fingerprint density at radius 2 is 1.73 bits per heavy atom. The first-order valence-corrected chi connectivity index (χ1v) is 5.16. The van der Waals surface area contributed by atoms with Gasteiger partial charge in [-0.2, -0.15) is 0 Å². The lowest BCUT2D eigenvalue weighted by atomic mass is 9.96. The summed E-state index contributed by atoms with van der Waals surface area (Å²) in [7, 11) is 1.77. The van der Waals surface area contributed by atoms with Gasteiger partial charge in [-0.15, -0.1) is 0 Å². The van der Waals surface area contributed by atoms with Crippen molar-refractivity contribution in [2.45, 2.75) is 19.9 Å². The smallest absolute Gasteiger partial charge is 0.160 e. The van der Waals surface area contributed by atoms with E-state index in [0.29, 0.717) is 5.56 Å². The first kappa shape index (κ1) is 12.4. The summed E-state index contributed by atoms with van der Waals surface area (Å²) in [4.78, 5) is 0. The van der Waals surface area contributed by atoms with Crippen molar-refractivity contribution >= 4 is 11.6 Å². The molecule has 0 heterocycles. The van der Waals surface area contributed by atoms with Crippen LogP contribution in [0, 0.1) is 17.6 Å². The Morgan fingerprint density at radius 3 is 2.20 bits per heavy atom. The van der Waals surface area contributed by atoms with Gasteiger partial charge >= 0.3 is 0 Å². The number of benzene rings is 1. The Balaban J connectivity index is 3.18. The third-order valence-corrected chi connectivity index (χ3v) is 2.68. The van der Waals surface area contributed by atoms with Crippen molar-refractivity contribution in [3.63, 3.8) is 0 Å². The predicted molar refractivity (Wildman–Crippen MR) is 58.0 cm³/mol. The molecule has 0 spiro atoms. The highest BCUT2D eigenvalue weighted by Gasteiger charge is 2.18. The van der Waals surface area contributed by atoms with E-state index in [1.54, 1.807) is 7.05 Å². The minimum absolute atomic E-state index is 0.0763. The van der Waals surface area contributed by atoms with Gasteiger partial charge in [0.25, 0.3) is 0 Å². The van der Waals surface area contributed by atoms with Gasteiger partial charge in [-0.25, -0.2) is 8.78 Å². The van der Waals surface area contributed by atoms with Gasteiger partial charge in [-0.1, -0.05) is 25.4 Å². The van der Waals surface area contributed by atoms with Crippen LogP contribution in [0.3, 0.4) is 0 Å². The summed E-state index contributed by atoms with van der Waals surface area (Å²) in [6.45, 7) is 3.97. The fourth-order valence-corrected chi connectivity index (χ4v) is 1.89. The lowest BCUT2D eigenvalue weighted by molar-refractivity contribution is 0.436. The number of nitrogens with one attached hydrogen (secondary N) is 1. The Hall–Kier alpha value is -0.670. The standard InChI is InChI=1S/C11H14ClF2N/c1-6(2)11(15-3)7-4-9(13)10(14)5-8(7)12/h4-6,11,15H,1-3H3. The molecule has 0 radical (unpaired) electrons. The van der Waals surface area contributed by atoms with Crippen molar-refractivity contribution in [2.24, 2.45) is 5.92 Å². The highest BCUT2D eigenvalue weighted by atomic mass is 35.5. The van der Waals surface area contributed by atoms with E-state index in [2.05, 4.69) is 5.32 Å². The third kappa shape index (κ3) is 2.67. The molecule has 1 aromatic carbocycles. The van der Waals surface area contributed by atoms with Gasteiger partial charge in [0.2, 0.25) is 0 Å². The second kappa shape index (κ2) is 4.90. The maximum Gasteiger partial charge on any atom is 0.160 e. The highest BCUT2D eigenvalue weighted by Crippen LogP contribution is 2.29. The summed E-state index contributed by atoms with van der Waals surface area (Å²) in [6, 6.07) is 2.09. The minimum atomic E-state index is -0.914. The molecule has 0 saturated carbocycles. The van der Waals surface area contributed by atoms with E-state index >= 15 is 0 Å². The zero-order valence-corrected chi connectivity index (χ0v) is 9.70. The molecule has 0 amide bonds. The predicted octanol–water partition coefficient (Wildman–Crippen LogP) is 3.53. The van der Waals surface area contributed by atoms with Crippen LogP contribution in [-0.4, -0.2) is 7.05 Å². The summed E-state index contributed by atoms with van der Waals surface area (Å²) < 4.78 is 25.9. The Bertz CT molecular complexity index is 353. The summed E-state index contributed by atoms with van der Waals surface area (Å²) in [5.74, 6) is -1.53. The second-order valence-electron chi connectivity index (χ2n) is 3.80. The molecule has 1 rings (SSSR count). The molecular formula is C11H14ClF2N. The average Bonchev–Trinajstić information content (AvgIpc) is 2.14. The quantitative estimate of drug-likeness (QED) is 0.788. The average molecular weight is 234 g/mol. The van der Waals surface area contributed by atoms with Crippen LogP contribution in [0.2, 0.25) is 5.02 Å². The first-order chi connectivity index (χ1) is 6.97. The Kier molecular flexibility index (Phi) is 4.05. The third-order valence-electron chi connectivity index (χ3n) is 2.35. The molecule has 4 heteroatoms. The zero-order chi connectivity index (χ0) is 11.6. The fraction of sp³-hybridized carbons (Fsp3) is 0.455. The van der Waals surface area contributed by atoms with Crippen LogP contribution in [-0.2, 0) is 0 Å². The summed E-state index contributed by atoms with van der Waals surface area (Å²) in [5.41, 5.74) is 0.591. The van der Waals surface area contributed by atoms with Crippen LogP contribution in [0.4, 0.5) is 8.78 Å². The van der Waals surface area contributed by atoms with Crippen LogP contribution in [0.5, 0.6) is 0 Å². The molecule has 0 aliphatic carbocycles. The molecule has 0 aliphatic heterocycles. The molecule has 0 bridgehead atoms. The van der Waals surface area contributed by atoms with E-state index in [1.807, 2.05) is 13.8 Å². The van der Waals surface area contributed by atoms with Crippen LogP contribution in [0.1, 0.15) is 25.5 Å². The van der Waals surface area contributed by atoms with Crippen molar-refractivity contribution < 1.29 is 8.78 Å². The van der Waals surface area contributed by atoms with Gasteiger partial charge in [0, 0.05) is 11.1 Å². The molecular weight excluding hydrogens is 220 g/mol. The lowest BCUT2D eigenvalue weighted by Gasteiger charge is -2.21. The molecule has 1 unspecified atom stereocenters. The zero-order valence-electron chi connectivity index (χ0n) is 8.94. The molecule has 1 N–H and O–H groups in total. The van der Waals surface area contributed by atoms with Crippen LogP contribution in [0.25, 0.3) is 0 Å². The number of hydrogen-bond donors (Lipinski definition) is 1. The van der Waals surface area contributed by atoms with Crippen molar-refractivity contribution in [1.82, 2.24) is 5.32 Å². The molecule has 84 valence electrons. The van der Waals surface area contributed by atoms with Crippen molar-refractivity contribution in [2.75, 3.05) is 7.05 Å². The molecule has 1 nitrogen and oxygen atoms in total. The highest BCUT2D eigenvalue weighted by molar-refractivity contribution is 6.31. The van der Waals surface area contributed by atoms with Gasteiger partial charge in [-0.05, 0) is 30.7 Å². The van der Waals surface area contributed by atoms with Crippen molar-refractivity contribution in [1.29, 1.82) is 0 Å². The van der Waals surface area contributed by atoms with E-state index in [-0.39, 0.29) is 17.0 Å². The van der Waals surface area contributed by atoms with Gasteiger partial charge in [-0.3, -0.25) is 0 Å². The Labute approximate surface area is 93.4 Å². The maximum absolute atomic E-state index is 13.1. The number of hydrogen-bond acceptors (Lipinski definition) is 1. The van der Waals surface area contributed by atoms with Gasteiger partial charge in [0.05, 0.1) is 0 Å². The normalized spacial score (nSPS) is 13.3. The molecule has 0 fully saturated rings. The van der Waals surface area contributed by atoms with Crippen LogP contribution < -0.4 is 5.32 Å². The monoisotopic (exact) mass is 233 g/mol. The maximum atomic E-state index is 13.1. The summed E-state index contributed by atoms with van der Waals surface area (Å²) in [6.07, 6.45) is 0. The van der Waals surface area contributed by atoms with E-state index in [1.165, 1.54) is 0 Å². The molecule has 1 atom stereocenters. The van der Waals surface area contributed by atoms with Gasteiger partial charge in [0.1, 0.15) is 0 Å². The minimum Gasteiger partial charge on any atom is -0.313 e. The SMILES string of the molecule is CNC(c1cc(F)c(F)cc1Cl)C(C)C. The van der Waals surface area contributed by atoms with E-state index in [4.69, 9.17) is 11.6 Å². The van der Waals surface area contributed by atoms with Crippen LogP contribution in [0.15, 0.2) is 12.1 Å². The lowest BCUT2D eigenvalue weighted by Crippen LogP contribution is -2.22. The van der Waals surface area contributed by atoms with Gasteiger partial charge < -0.3 is 5.32 Å². The first-order valence-electron chi connectivity index (χ1n) is 4.79. The van der Waals surface area contributed by atoms with E-state index in [0.717, 1.165) is 12.1 Å².